The van der Waals surface area contributed by atoms with E-state index in [2.05, 4.69) is 21.9 Å². The average molecular weight is 223 g/mol. The third-order valence-electron chi connectivity index (χ3n) is 2.21. The summed E-state index contributed by atoms with van der Waals surface area (Å²) < 4.78 is 0. The molecule has 5 nitrogen and oxygen atoms in total. The first-order valence-corrected chi connectivity index (χ1v) is 5.42. The van der Waals surface area contributed by atoms with Gasteiger partial charge in [-0.3, -0.25) is 14.9 Å². The molecule has 1 aliphatic carbocycles. The zero-order valence-corrected chi connectivity index (χ0v) is 9.21. The molecule has 0 aromatic rings. The molecule has 1 rings (SSSR count). The van der Waals surface area contributed by atoms with Crippen molar-refractivity contribution in [3.05, 3.63) is 0 Å². The van der Waals surface area contributed by atoms with Gasteiger partial charge in [0.05, 0.1) is 13.1 Å². The van der Waals surface area contributed by atoms with Gasteiger partial charge in [-0.05, 0) is 12.8 Å². The first kappa shape index (κ1) is 12.5. The lowest BCUT2D eigenvalue weighted by atomic mass is 10.4. The van der Waals surface area contributed by atoms with Crippen molar-refractivity contribution in [1.29, 1.82) is 0 Å². The van der Waals surface area contributed by atoms with Crippen LogP contribution in [0.3, 0.4) is 0 Å². The Balaban J connectivity index is 1.91. The number of hydrogen-bond donors (Lipinski definition) is 3. The zero-order valence-electron chi connectivity index (χ0n) is 9.21. The van der Waals surface area contributed by atoms with Crippen LogP contribution in [0.2, 0.25) is 0 Å². The van der Waals surface area contributed by atoms with Crippen LogP contribution in [0.25, 0.3) is 0 Å². The van der Waals surface area contributed by atoms with Crippen molar-refractivity contribution < 1.29 is 9.59 Å². The van der Waals surface area contributed by atoms with E-state index in [9.17, 15) is 9.59 Å². The van der Waals surface area contributed by atoms with E-state index < -0.39 is 0 Å². The zero-order chi connectivity index (χ0) is 11.8. The largest absolute Gasteiger partial charge is 0.354 e. The van der Waals surface area contributed by atoms with Crippen LogP contribution in [0.1, 0.15) is 12.8 Å². The van der Waals surface area contributed by atoms with Gasteiger partial charge in [0.25, 0.3) is 0 Å². The molecule has 2 amide bonds. The van der Waals surface area contributed by atoms with Gasteiger partial charge in [0, 0.05) is 19.0 Å². The number of hydrogen-bond acceptors (Lipinski definition) is 3. The highest BCUT2D eigenvalue weighted by molar-refractivity contribution is 5.81. The third kappa shape index (κ3) is 5.37. The third-order valence-corrected chi connectivity index (χ3v) is 2.21. The number of nitrogens with one attached hydrogen (secondary N) is 3. The number of terminal acetylenes is 1. The molecular formula is C11H17N3O2. The van der Waals surface area contributed by atoms with E-state index in [0.29, 0.717) is 19.6 Å². The molecule has 0 aromatic carbocycles. The predicted octanol–water partition coefficient (Wildman–Crippen LogP) is -1.15. The molecule has 1 saturated carbocycles. The molecule has 0 spiro atoms. The van der Waals surface area contributed by atoms with Gasteiger partial charge < -0.3 is 10.6 Å². The highest BCUT2D eigenvalue weighted by Gasteiger charge is 2.28. The molecule has 1 fully saturated rings. The summed E-state index contributed by atoms with van der Waals surface area (Å²) in [6.07, 6.45) is 7.00. The lowest BCUT2D eigenvalue weighted by Crippen LogP contribution is -2.39. The number of carbonyl (C=O) groups excluding carboxylic acids is 2. The maximum Gasteiger partial charge on any atom is 0.234 e. The molecule has 0 atom stereocenters. The smallest absolute Gasteiger partial charge is 0.234 e. The Bertz CT molecular complexity index is 292. The second-order valence-corrected chi connectivity index (χ2v) is 3.72. The fourth-order valence-corrected chi connectivity index (χ4v) is 1.19. The molecule has 0 aliphatic heterocycles. The summed E-state index contributed by atoms with van der Waals surface area (Å²) >= 11 is 0. The molecule has 0 aromatic heterocycles. The van der Waals surface area contributed by atoms with E-state index in [1.165, 1.54) is 0 Å². The topological polar surface area (TPSA) is 70.2 Å². The minimum Gasteiger partial charge on any atom is -0.354 e. The predicted molar refractivity (Wildman–Crippen MR) is 60.4 cm³/mol. The van der Waals surface area contributed by atoms with Gasteiger partial charge in [-0.1, -0.05) is 5.92 Å². The van der Waals surface area contributed by atoms with E-state index in [1.54, 1.807) is 0 Å². The summed E-state index contributed by atoms with van der Waals surface area (Å²) in [6.45, 7) is 1.53. The highest BCUT2D eigenvalue weighted by Crippen LogP contribution is 2.28. The normalized spacial score (nSPS) is 13.9. The van der Waals surface area contributed by atoms with Crippen molar-refractivity contribution in [2.75, 3.05) is 26.2 Å². The fraction of sp³-hybridized carbons (Fsp3) is 0.636. The van der Waals surface area contributed by atoms with Crippen LogP contribution in [0.4, 0.5) is 0 Å². The molecule has 0 saturated heterocycles. The Labute approximate surface area is 95.4 Å². The number of rotatable bonds is 7. The summed E-state index contributed by atoms with van der Waals surface area (Å²) in [5.74, 6) is 2.57. The lowest BCUT2D eigenvalue weighted by Gasteiger charge is -2.06. The van der Waals surface area contributed by atoms with E-state index in [-0.39, 0.29) is 24.3 Å². The molecule has 3 N–H and O–H groups in total. The van der Waals surface area contributed by atoms with Crippen molar-refractivity contribution in [3.8, 4) is 12.3 Å². The maximum absolute atomic E-state index is 11.2. The summed E-state index contributed by atoms with van der Waals surface area (Å²) in [5.41, 5.74) is 0. The SMILES string of the molecule is C#CCNCC(=O)NCCNC(=O)C1CC1. The summed E-state index contributed by atoms with van der Waals surface area (Å²) in [4.78, 5) is 22.4. The standard InChI is InChI=1S/C11H17N3O2/c1-2-5-12-8-10(15)13-6-7-14-11(16)9-3-4-9/h1,9,12H,3-8H2,(H,13,15)(H,14,16). The van der Waals surface area contributed by atoms with Crippen LogP contribution < -0.4 is 16.0 Å². The number of carbonyl (C=O) groups is 2. The molecule has 16 heavy (non-hydrogen) atoms. The highest BCUT2D eigenvalue weighted by atomic mass is 16.2. The second-order valence-electron chi connectivity index (χ2n) is 3.72. The van der Waals surface area contributed by atoms with Gasteiger partial charge in [0.2, 0.25) is 11.8 Å². The van der Waals surface area contributed by atoms with Gasteiger partial charge in [0.1, 0.15) is 0 Å². The summed E-state index contributed by atoms with van der Waals surface area (Å²) in [6, 6.07) is 0. The Kier molecular flexibility index (Phi) is 5.37. The first-order valence-electron chi connectivity index (χ1n) is 5.42. The van der Waals surface area contributed by atoms with E-state index in [1.807, 2.05) is 0 Å². The van der Waals surface area contributed by atoms with Crippen LogP contribution >= 0.6 is 0 Å². The summed E-state index contributed by atoms with van der Waals surface area (Å²) in [7, 11) is 0. The molecule has 5 heteroatoms. The van der Waals surface area contributed by atoms with Crippen LogP contribution in [-0.2, 0) is 9.59 Å². The molecule has 0 heterocycles. The lowest BCUT2D eigenvalue weighted by molar-refractivity contribution is -0.123. The van der Waals surface area contributed by atoms with E-state index in [0.717, 1.165) is 12.8 Å². The molecule has 0 bridgehead atoms. The van der Waals surface area contributed by atoms with Gasteiger partial charge in [-0.25, -0.2) is 0 Å². The second kappa shape index (κ2) is 6.85. The minimum absolute atomic E-state index is 0.0969. The average Bonchev–Trinajstić information content (AvgIpc) is 3.08. The first-order chi connectivity index (χ1) is 7.74. The molecule has 0 radical (unpaired) electrons. The van der Waals surface area contributed by atoms with Crippen molar-refractivity contribution in [2.45, 2.75) is 12.8 Å². The number of amides is 2. The van der Waals surface area contributed by atoms with Gasteiger partial charge in [-0.2, -0.15) is 0 Å². The Hall–Kier alpha value is -1.54. The molecular weight excluding hydrogens is 206 g/mol. The Morgan fingerprint density at radius 3 is 2.56 bits per heavy atom. The van der Waals surface area contributed by atoms with Crippen molar-refractivity contribution in [3.63, 3.8) is 0 Å². The Morgan fingerprint density at radius 1 is 1.25 bits per heavy atom. The van der Waals surface area contributed by atoms with Gasteiger partial charge in [0.15, 0.2) is 0 Å². The van der Waals surface area contributed by atoms with Crippen molar-refractivity contribution in [2.24, 2.45) is 5.92 Å². The van der Waals surface area contributed by atoms with Gasteiger partial charge in [-0.15, -0.1) is 6.42 Å². The van der Waals surface area contributed by atoms with Crippen molar-refractivity contribution >= 4 is 11.8 Å². The van der Waals surface area contributed by atoms with E-state index in [4.69, 9.17) is 6.42 Å². The summed E-state index contributed by atoms with van der Waals surface area (Å²) in [5, 5.41) is 8.21. The molecule has 88 valence electrons. The van der Waals surface area contributed by atoms with Crippen molar-refractivity contribution in [1.82, 2.24) is 16.0 Å². The molecule has 1 aliphatic rings. The van der Waals surface area contributed by atoms with Crippen LogP contribution in [0.15, 0.2) is 0 Å². The monoisotopic (exact) mass is 223 g/mol. The fourth-order valence-electron chi connectivity index (χ4n) is 1.19. The minimum atomic E-state index is -0.115. The maximum atomic E-state index is 11.2. The van der Waals surface area contributed by atoms with Crippen LogP contribution in [0.5, 0.6) is 0 Å². The Morgan fingerprint density at radius 2 is 1.94 bits per heavy atom. The van der Waals surface area contributed by atoms with E-state index >= 15 is 0 Å². The van der Waals surface area contributed by atoms with Crippen LogP contribution in [-0.4, -0.2) is 38.0 Å². The van der Waals surface area contributed by atoms with Gasteiger partial charge >= 0.3 is 0 Å². The molecule has 0 unspecified atom stereocenters. The quantitative estimate of drug-likeness (QED) is 0.377. The van der Waals surface area contributed by atoms with Crippen LogP contribution in [0, 0.1) is 18.3 Å².